The lowest BCUT2D eigenvalue weighted by Crippen LogP contribution is -2.36. The van der Waals surface area contributed by atoms with Crippen LogP contribution in [0.1, 0.15) is 16.1 Å². The van der Waals surface area contributed by atoms with Gasteiger partial charge in [-0.05, 0) is 64.1 Å². The van der Waals surface area contributed by atoms with E-state index < -0.39 is 29.6 Å². The first-order chi connectivity index (χ1) is 15.8. The summed E-state index contributed by atoms with van der Waals surface area (Å²) in [5, 5.41) is 11.2. The van der Waals surface area contributed by atoms with E-state index in [9.17, 15) is 19.2 Å². The molecule has 166 valence electrons. The van der Waals surface area contributed by atoms with Crippen LogP contribution in [0.25, 0.3) is 17.4 Å². The number of thioether (sulfide) groups is 1. The topological polar surface area (TPSA) is 117 Å². The minimum atomic E-state index is -1.05. The molecule has 0 radical (unpaired) electrons. The summed E-state index contributed by atoms with van der Waals surface area (Å²) < 4.78 is 6.39. The first-order valence-electron chi connectivity index (χ1n) is 9.55. The maximum absolute atomic E-state index is 12.7. The van der Waals surface area contributed by atoms with Gasteiger partial charge in [0.2, 0.25) is 5.91 Å². The fourth-order valence-electron chi connectivity index (χ4n) is 3.05. The number of nitrogens with zero attached hydrogens (tertiary/aromatic N) is 1. The Morgan fingerprint density at radius 1 is 1.09 bits per heavy atom. The normalized spacial score (nSPS) is 14.7. The molecule has 8 nitrogen and oxygen atoms in total. The van der Waals surface area contributed by atoms with E-state index in [0.717, 1.165) is 4.90 Å². The molecule has 0 unspecified atom stereocenters. The van der Waals surface area contributed by atoms with E-state index in [1.54, 1.807) is 48.5 Å². The van der Waals surface area contributed by atoms with Crippen molar-refractivity contribution < 1.29 is 28.7 Å². The number of rotatable bonds is 6. The molecule has 2 aromatic carbocycles. The fourth-order valence-corrected chi connectivity index (χ4v) is 4.25. The smallest absolute Gasteiger partial charge is 0.335 e. The molecule has 2 heterocycles. The molecule has 0 bridgehead atoms. The molecule has 10 heteroatoms. The second-order valence-electron chi connectivity index (χ2n) is 6.88. The van der Waals surface area contributed by atoms with Crippen molar-refractivity contribution in [2.24, 2.45) is 0 Å². The Morgan fingerprint density at radius 3 is 2.64 bits per heavy atom. The summed E-state index contributed by atoms with van der Waals surface area (Å²) in [5.74, 6) is -1.44. The van der Waals surface area contributed by atoms with Crippen LogP contribution in [-0.2, 0) is 9.59 Å². The van der Waals surface area contributed by atoms with Gasteiger partial charge in [0, 0.05) is 16.1 Å². The van der Waals surface area contributed by atoms with E-state index >= 15 is 0 Å². The van der Waals surface area contributed by atoms with Gasteiger partial charge >= 0.3 is 5.97 Å². The zero-order chi connectivity index (χ0) is 23.5. The Hall–Kier alpha value is -3.63. The molecule has 1 saturated heterocycles. The van der Waals surface area contributed by atoms with E-state index in [-0.39, 0.29) is 10.5 Å². The Kier molecular flexibility index (Phi) is 6.47. The van der Waals surface area contributed by atoms with Crippen molar-refractivity contribution in [3.63, 3.8) is 0 Å². The highest BCUT2D eigenvalue weighted by Crippen LogP contribution is 2.33. The maximum Gasteiger partial charge on any atom is 0.335 e. The second-order valence-corrected chi connectivity index (χ2v) is 8.73. The van der Waals surface area contributed by atoms with Crippen LogP contribution in [0, 0.1) is 0 Å². The van der Waals surface area contributed by atoms with Gasteiger partial charge in [-0.1, -0.05) is 24.3 Å². The van der Waals surface area contributed by atoms with Gasteiger partial charge < -0.3 is 14.8 Å². The number of carboxylic acids is 1. The highest BCUT2D eigenvalue weighted by Gasteiger charge is 2.36. The van der Waals surface area contributed by atoms with Gasteiger partial charge in [-0.2, -0.15) is 0 Å². The third-order valence-electron chi connectivity index (χ3n) is 4.62. The Bertz CT molecular complexity index is 1320. The zero-order valence-electron chi connectivity index (χ0n) is 16.8. The minimum Gasteiger partial charge on any atom is -0.478 e. The number of carboxylic acid groups (broad SMARTS) is 1. The lowest BCUT2D eigenvalue weighted by atomic mass is 10.1. The number of halogens is 1. The molecular weight excluding hydrogens is 512 g/mol. The van der Waals surface area contributed by atoms with E-state index in [2.05, 4.69) is 21.2 Å². The molecule has 3 amide bonds. The molecule has 1 aromatic heterocycles. The van der Waals surface area contributed by atoms with Gasteiger partial charge in [0.05, 0.1) is 16.2 Å². The van der Waals surface area contributed by atoms with Crippen molar-refractivity contribution in [1.29, 1.82) is 0 Å². The predicted molar refractivity (Wildman–Crippen MR) is 127 cm³/mol. The van der Waals surface area contributed by atoms with Crippen molar-refractivity contribution >= 4 is 62.5 Å². The fraction of sp³-hybridized carbons (Fsp3) is 0.0435. The van der Waals surface area contributed by atoms with E-state index in [4.69, 9.17) is 9.52 Å². The van der Waals surface area contributed by atoms with Crippen molar-refractivity contribution in [2.75, 3.05) is 11.9 Å². The van der Waals surface area contributed by atoms with E-state index in [1.165, 1.54) is 18.2 Å². The third-order valence-corrected chi connectivity index (χ3v) is 6.22. The van der Waals surface area contributed by atoms with Crippen molar-refractivity contribution in [3.05, 3.63) is 81.4 Å². The first kappa shape index (κ1) is 22.6. The van der Waals surface area contributed by atoms with Gasteiger partial charge in [0.25, 0.3) is 11.1 Å². The Balaban J connectivity index is 1.47. The number of carbonyl (C=O) groups is 4. The molecule has 4 rings (SSSR count). The monoisotopic (exact) mass is 526 g/mol. The molecule has 33 heavy (non-hydrogen) atoms. The van der Waals surface area contributed by atoms with Crippen LogP contribution >= 0.6 is 27.7 Å². The van der Waals surface area contributed by atoms with Crippen LogP contribution in [0.3, 0.4) is 0 Å². The van der Waals surface area contributed by atoms with Gasteiger partial charge in [0.15, 0.2) is 0 Å². The summed E-state index contributed by atoms with van der Waals surface area (Å²) in [4.78, 5) is 49.5. The molecule has 0 atom stereocenters. The van der Waals surface area contributed by atoms with E-state index in [1.807, 2.05) is 0 Å². The van der Waals surface area contributed by atoms with Crippen LogP contribution in [0.2, 0.25) is 0 Å². The lowest BCUT2D eigenvalue weighted by Gasteiger charge is -2.13. The summed E-state index contributed by atoms with van der Waals surface area (Å²) in [5.41, 5.74) is 1.21. The Morgan fingerprint density at radius 2 is 1.88 bits per heavy atom. The largest absolute Gasteiger partial charge is 0.478 e. The highest BCUT2D eigenvalue weighted by atomic mass is 79.9. The van der Waals surface area contributed by atoms with Gasteiger partial charge in [-0.3, -0.25) is 19.3 Å². The molecule has 0 aliphatic carbocycles. The molecule has 0 saturated carbocycles. The number of hydrogen-bond donors (Lipinski definition) is 2. The number of hydrogen-bond acceptors (Lipinski definition) is 6. The summed E-state index contributed by atoms with van der Waals surface area (Å²) in [6.45, 7) is -0.422. The summed E-state index contributed by atoms with van der Waals surface area (Å²) in [6, 6.07) is 16.5. The van der Waals surface area contributed by atoms with Crippen molar-refractivity contribution in [2.45, 2.75) is 0 Å². The molecule has 2 N–H and O–H groups in total. The van der Waals surface area contributed by atoms with Crippen LogP contribution < -0.4 is 5.32 Å². The SMILES string of the molecule is O=C(CN1C(=O)S/C(=C/c2ccc(-c3cccc(C(=O)O)c3)o2)C1=O)Nc1ccccc1Br. The summed E-state index contributed by atoms with van der Waals surface area (Å²) in [6.07, 6.45) is 1.42. The first-order valence-corrected chi connectivity index (χ1v) is 11.2. The van der Waals surface area contributed by atoms with Gasteiger partial charge in [0.1, 0.15) is 18.1 Å². The highest BCUT2D eigenvalue weighted by molar-refractivity contribution is 9.10. The molecular formula is C23H15BrN2O6S. The van der Waals surface area contributed by atoms with Crippen LogP contribution in [0.5, 0.6) is 0 Å². The average Bonchev–Trinajstić information content (AvgIpc) is 3.36. The molecule has 0 spiro atoms. The van der Waals surface area contributed by atoms with Crippen LogP contribution in [0.4, 0.5) is 10.5 Å². The van der Waals surface area contributed by atoms with E-state index in [0.29, 0.717) is 39.0 Å². The van der Waals surface area contributed by atoms with Gasteiger partial charge in [-0.15, -0.1) is 0 Å². The number of carbonyl (C=O) groups excluding carboxylic acids is 3. The average molecular weight is 527 g/mol. The molecule has 1 aliphatic heterocycles. The van der Waals surface area contributed by atoms with Crippen LogP contribution in [0.15, 0.2) is 74.5 Å². The maximum atomic E-state index is 12.7. The molecule has 3 aromatic rings. The quantitative estimate of drug-likeness (QED) is 0.430. The number of imide groups is 1. The number of nitrogens with one attached hydrogen (secondary N) is 1. The van der Waals surface area contributed by atoms with Crippen LogP contribution in [-0.4, -0.2) is 39.6 Å². The number of furan rings is 1. The standard InChI is InChI=1S/C23H15BrN2O6S/c24-16-6-1-2-7-17(16)25-20(27)12-26-21(28)19(33-23(26)31)11-15-8-9-18(32-15)13-4-3-5-14(10-13)22(29)30/h1-11H,12H2,(H,25,27)(H,29,30)/b19-11+. The number of benzene rings is 2. The number of anilines is 1. The number of para-hydroxylation sites is 1. The molecule has 1 aliphatic rings. The summed E-state index contributed by atoms with van der Waals surface area (Å²) in [7, 11) is 0. The number of amides is 3. The predicted octanol–water partition coefficient (Wildman–Crippen LogP) is 5.08. The molecule has 1 fully saturated rings. The second kappa shape index (κ2) is 9.47. The zero-order valence-corrected chi connectivity index (χ0v) is 19.2. The lowest BCUT2D eigenvalue weighted by molar-refractivity contribution is -0.127. The third kappa shape index (κ3) is 5.07. The minimum absolute atomic E-state index is 0.118. The Labute approximate surface area is 200 Å². The number of aromatic carboxylic acids is 1. The van der Waals surface area contributed by atoms with Crippen molar-refractivity contribution in [3.8, 4) is 11.3 Å². The van der Waals surface area contributed by atoms with Gasteiger partial charge in [-0.25, -0.2) is 4.79 Å². The van der Waals surface area contributed by atoms with Crippen molar-refractivity contribution in [1.82, 2.24) is 4.90 Å². The summed E-state index contributed by atoms with van der Waals surface area (Å²) >= 11 is 4.03.